The molecule has 0 aliphatic carbocycles. The summed E-state index contributed by atoms with van der Waals surface area (Å²) >= 11 is 5.87. The topological polar surface area (TPSA) is 92.9 Å². The van der Waals surface area contributed by atoms with E-state index in [0.717, 1.165) is 0 Å². The Balaban J connectivity index is 2.27. The van der Waals surface area contributed by atoms with Crippen molar-refractivity contribution in [1.82, 2.24) is 25.0 Å². The highest BCUT2D eigenvalue weighted by atomic mass is 35.5. The fourth-order valence-corrected chi connectivity index (χ4v) is 1.69. The number of halogens is 1. The summed E-state index contributed by atoms with van der Waals surface area (Å²) < 4.78 is 6.39. The molecule has 0 bridgehead atoms. The molecule has 8 heteroatoms. The Morgan fingerprint density at radius 3 is 2.89 bits per heavy atom. The van der Waals surface area contributed by atoms with Crippen LogP contribution in [0.4, 0.5) is 0 Å². The predicted molar refractivity (Wildman–Crippen MR) is 60.7 cm³/mol. The molecule has 88 valence electrons. The van der Waals surface area contributed by atoms with Crippen molar-refractivity contribution < 1.29 is 4.52 Å². The van der Waals surface area contributed by atoms with Gasteiger partial charge in [-0.2, -0.15) is 14.9 Å². The molecule has 0 aliphatic rings. The molecule has 0 aliphatic heterocycles. The second kappa shape index (κ2) is 3.78. The minimum atomic E-state index is 0.0891. The second-order valence-corrected chi connectivity index (χ2v) is 3.94. The van der Waals surface area contributed by atoms with E-state index in [1.807, 2.05) is 6.07 Å². The molecule has 0 amide bonds. The Bertz CT molecular complexity index is 783. The van der Waals surface area contributed by atoms with Crippen molar-refractivity contribution in [2.24, 2.45) is 0 Å². The van der Waals surface area contributed by atoms with Gasteiger partial charge in [0.1, 0.15) is 11.8 Å². The maximum atomic E-state index is 8.85. The van der Waals surface area contributed by atoms with E-state index in [-0.39, 0.29) is 10.7 Å². The summed E-state index contributed by atoms with van der Waals surface area (Å²) in [5.74, 6) is 1.06. The van der Waals surface area contributed by atoms with Gasteiger partial charge in [0.25, 0.3) is 0 Å². The van der Waals surface area contributed by atoms with Crippen LogP contribution in [0.2, 0.25) is 5.15 Å². The van der Waals surface area contributed by atoms with E-state index in [9.17, 15) is 0 Å². The standard InChI is InChI=1S/C10H5ClN6O/c1-5-2-7(16-18-5)10-14-13-8-3-6(4-12)9(11)15-17(8)10/h2-3H,1H3. The molecule has 3 aromatic heterocycles. The van der Waals surface area contributed by atoms with Gasteiger partial charge >= 0.3 is 0 Å². The molecular formula is C10H5ClN6O. The Hall–Kier alpha value is -2.46. The van der Waals surface area contributed by atoms with E-state index in [4.69, 9.17) is 21.4 Å². The van der Waals surface area contributed by atoms with Crippen LogP contribution in [-0.2, 0) is 0 Å². The van der Waals surface area contributed by atoms with Gasteiger partial charge in [-0.1, -0.05) is 16.8 Å². The zero-order chi connectivity index (χ0) is 12.7. The number of rotatable bonds is 1. The van der Waals surface area contributed by atoms with Crippen LogP contribution in [0.1, 0.15) is 11.3 Å². The van der Waals surface area contributed by atoms with Crippen LogP contribution in [0.5, 0.6) is 0 Å². The minimum absolute atomic E-state index is 0.0891. The van der Waals surface area contributed by atoms with Gasteiger partial charge in [0, 0.05) is 12.1 Å². The summed E-state index contributed by atoms with van der Waals surface area (Å²) in [6.45, 7) is 1.77. The van der Waals surface area contributed by atoms with Gasteiger partial charge in [0.05, 0.1) is 5.56 Å². The smallest absolute Gasteiger partial charge is 0.207 e. The Kier molecular flexibility index (Phi) is 2.25. The Labute approximate surface area is 106 Å². The normalized spacial score (nSPS) is 10.7. The van der Waals surface area contributed by atoms with Gasteiger partial charge < -0.3 is 4.52 Å². The van der Waals surface area contributed by atoms with Crippen LogP contribution in [0.25, 0.3) is 17.2 Å². The van der Waals surface area contributed by atoms with Crippen molar-refractivity contribution in [2.75, 3.05) is 0 Å². The van der Waals surface area contributed by atoms with Gasteiger partial charge in [0.15, 0.2) is 16.5 Å². The molecule has 18 heavy (non-hydrogen) atoms. The van der Waals surface area contributed by atoms with Crippen LogP contribution in [0, 0.1) is 18.3 Å². The molecule has 3 heterocycles. The molecular weight excluding hydrogens is 256 g/mol. The average molecular weight is 261 g/mol. The van der Waals surface area contributed by atoms with Crippen molar-refractivity contribution in [3.05, 3.63) is 28.6 Å². The highest BCUT2D eigenvalue weighted by Crippen LogP contribution is 2.20. The first-order chi connectivity index (χ1) is 8.69. The average Bonchev–Trinajstić information content (AvgIpc) is 2.94. The first-order valence-corrected chi connectivity index (χ1v) is 5.32. The fraction of sp³-hybridized carbons (Fsp3) is 0.100. The molecule has 0 spiro atoms. The maximum Gasteiger partial charge on any atom is 0.207 e. The molecule has 0 saturated heterocycles. The van der Waals surface area contributed by atoms with Crippen molar-refractivity contribution in [3.8, 4) is 17.6 Å². The van der Waals surface area contributed by atoms with Crippen LogP contribution in [0.3, 0.4) is 0 Å². The third-order valence-corrected chi connectivity index (χ3v) is 2.61. The predicted octanol–water partition coefficient (Wildman–Crippen LogP) is 1.61. The van der Waals surface area contributed by atoms with Crippen LogP contribution in [-0.4, -0.2) is 25.0 Å². The number of hydrogen-bond acceptors (Lipinski definition) is 6. The lowest BCUT2D eigenvalue weighted by molar-refractivity contribution is 0.399. The zero-order valence-electron chi connectivity index (χ0n) is 9.12. The molecule has 0 atom stereocenters. The molecule has 0 unspecified atom stereocenters. The quantitative estimate of drug-likeness (QED) is 0.660. The molecule has 7 nitrogen and oxygen atoms in total. The number of hydrogen-bond donors (Lipinski definition) is 0. The monoisotopic (exact) mass is 260 g/mol. The van der Waals surface area contributed by atoms with Gasteiger partial charge in [0.2, 0.25) is 5.82 Å². The summed E-state index contributed by atoms with van der Waals surface area (Å²) in [7, 11) is 0. The number of aromatic nitrogens is 5. The molecule has 0 aromatic carbocycles. The molecule has 0 radical (unpaired) electrons. The van der Waals surface area contributed by atoms with Crippen molar-refractivity contribution in [2.45, 2.75) is 6.92 Å². The third kappa shape index (κ3) is 1.51. The Morgan fingerprint density at radius 1 is 1.39 bits per heavy atom. The van der Waals surface area contributed by atoms with Crippen molar-refractivity contribution in [1.29, 1.82) is 5.26 Å². The van der Waals surface area contributed by atoms with E-state index in [2.05, 4.69) is 20.5 Å². The summed E-state index contributed by atoms with van der Waals surface area (Å²) in [6, 6.07) is 5.16. The second-order valence-electron chi connectivity index (χ2n) is 3.58. The van der Waals surface area contributed by atoms with Crippen LogP contribution < -0.4 is 0 Å². The van der Waals surface area contributed by atoms with Crippen molar-refractivity contribution >= 4 is 17.2 Å². The van der Waals surface area contributed by atoms with Crippen LogP contribution >= 0.6 is 11.6 Å². The molecule has 3 aromatic rings. The Morgan fingerprint density at radius 2 is 2.22 bits per heavy atom. The van der Waals surface area contributed by atoms with E-state index >= 15 is 0 Å². The first kappa shape index (κ1) is 10.7. The number of nitrogens with zero attached hydrogens (tertiary/aromatic N) is 6. The fourth-order valence-electron chi connectivity index (χ4n) is 1.52. The summed E-state index contributed by atoms with van der Waals surface area (Å²) in [6.07, 6.45) is 0. The summed E-state index contributed by atoms with van der Waals surface area (Å²) in [5, 5.41) is 24.7. The van der Waals surface area contributed by atoms with E-state index in [1.54, 1.807) is 13.0 Å². The number of fused-ring (bicyclic) bond motifs is 1. The highest BCUT2D eigenvalue weighted by Gasteiger charge is 2.15. The lowest BCUT2D eigenvalue weighted by Crippen LogP contribution is -1.97. The van der Waals surface area contributed by atoms with Crippen molar-refractivity contribution in [3.63, 3.8) is 0 Å². The number of nitriles is 1. The minimum Gasteiger partial charge on any atom is -0.361 e. The van der Waals surface area contributed by atoms with Crippen LogP contribution in [0.15, 0.2) is 16.7 Å². The van der Waals surface area contributed by atoms with Gasteiger partial charge in [-0.3, -0.25) is 0 Å². The molecule has 0 N–H and O–H groups in total. The molecule has 3 rings (SSSR count). The SMILES string of the molecule is Cc1cc(-c2nnc3cc(C#N)c(Cl)nn23)no1. The lowest BCUT2D eigenvalue weighted by Gasteiger charge is -1.97. The van der Waals surface area contributed by atoms with E-state index in [1.165, 1.54) is 10.6 Å². The number of aryl methyl sites for hydroxylation is 1. The summed E-state index contributed by atoms with van der Waals surface area (Å²) in [5.41, 5.74) is 1.18. The van der Waals surface area contributed by atoms with Gasteiger partial charge in [-0.25, -0.2) is 0 Å². The summed E-state index contributed by atoms with van der Waals surface area (Å²) in [4.78, 5) is 0. The van der Waals surface area contributed by atoms with E-state index in [0.29, 0.717) is 22.9 Å². The maximum absolute atomic E-state index is 8.85. The largest absolute Gasteiger partial charge is 0.361 e. The third-order valence-electron chi connectivity index (χ3n) is 2.33. The van der Waals surface area contributed by atoms with Gasteiger partial charge in [-0.15, -0.1) is 10.2 Å². The zero-order valence-corrected chi connectivity index (χ0v) is 9.88. The molecule has 0 saturated carbocycles. The van der Waals surface area contributed by atoms with E-state index < -0.39 is 0 Å². The molecule has 0 fully saturated rings. The van der Waals surface area contributed by atoms with Gasteiger partial charge in [-0.05, 0) is 6.92 Å². The lowest BCUT2D eigenvalue weighted by atomic mass is 10.3. The first-order valence-electron chi connectivity index (χ1n) is 4.95. The highest BCUT2D eigenvalue weighted by molar-refractivity contribution is 6.30.